The van der Waals surface area contributed by atoms with E-state index in [9.17, 15) is 14.4 Å². The fourth-order valence-electron chi connectivity index (χ4n) is 2.04. The fourth-order valence-corrected chi connectivity index (χ4v) is 4.01. The molecule has 0 aromatic carbocycles. The quantitative estimate of drug-likeness (QED) is 0.829. The van der Waals surface area contributed by atoms with Crippen molar-refractivity contribution in [1.29, 1.82) is 0 Å². The van der Waals surface area contributed by atoms with Gasteiger partial charge in [0.25, 0.3) is 0 Å². The number of anilines is 1. The van der Waals surface area contributed by atoms with Crippen molar-refractivity contribution < 1.29 is 19.1 Å². The Labute approximate surface area is 137 Å². The molecule has 2 rings (SSSR count). The molecule has 0 spiro atoms. The summed E-state index contributed by atoms with van der Waals surface area (Å²) in [6, 6.07) is 0. The van der Waals surface area contributed by atoms with Gasteiger partial charge in [0, 0.05) is 4.88 Å². The highest BCUT2D eigenvalue weighted by molar-refractivity contribution is 8.00. The van der Waals surface area contributed by atoms with Crippen LogP contribution in [0, 0.1) is 13.8 Å². The maximum atomic E-state index is 12.1. The monoisotopic (exact) mass is 342 g/mol. The third-order valence-corrected chi connectivity index (χ3v) is 5.35. The molecule has 120 valence electrons. The molecule has 1 fully saturated rings. The number of hydrogen-bond acceptors (Lipinski definition) is 6. The van der Waals surface area contributed by atoms with Gasteiger partial charge in [0.1, 0.15) is 11.5 Å². The topological polar surface area (TPSA) is 75.7 Å². The molecule has 2 amide bonds. The predicted molar refractivity (Wildman–Crippen MR) is 87.4 cm³/mol. The summed E-state index contributed by atoms with van der Waals surface area (Å²) in [5, 5.41) is 3.22. The molecule has 0 bridgehead atoms. The Morgan fingerprint density at radius 3 is 2.68 bits per heavy atom. The number of esters is 1. The van der Waals surface area contributed by atoms with E-state index < -0.39 is 5.97 Å². The number of ether oxygens (including phenoxy) is 1. The van der Waals surface area contributed by atoms with Gasteiger partial charge in [-0.05, 0) is 26.3 Å². The number of nitrogens with zero attached hydrogens (tertiary/aromatic N) is 1. The van der Waals surface area contributed by atoms with Gasteiger partial charge in [-0.15, -0.1) is 23.1 Å². The number of amides is 2. The van der Waals surface area contributed by atoms with Crippen LogP contribution in [0.3, 0.4) is 0 Å². The molecule has 1 aromatic rings. The van der Waals surface area contributed by atoms with Crippen LogP contribution in [0.5, 0.6) is 0 Å². The smallest absolute Gasteiger partial charge is 0.341 e. The lowest BCUT2D eigenvalue weighted by Gasteiger charge is -2.14. The normalized spacial score (nSPS) is 14.3. The molecule has 22 heavy (non-hydrogen) atoms. The maximum absolute atomic E-state index is 12.1. The van der Waals surface area contributed by atoms with Crippen LogP contribution in [0.4, 0.5) is 5.00 Å². The largest absolute Gasteiger partial charge is 0.462 e. The van der Waals surface area contributed by atoms with Gasteiger partial charge in [0.05, 0.1) is 23.8 Å². The van der Waals surface area contributed by atoms with E-state index in [1.165, 1.54) is 28.0 Å². The Hall–Kier alpha value is -1.54. The number of carbonyl (C=O) groups excluding carboxylic acids is 3. The predicted octanol–water partition coefficient (Wildman–Crippen LogP) is 2.01. The van der Waals surface area contributed by atoms with Crippen molar-refractivity contribution in [2.75, 3.05) is 30.1 Å². The van der Waals surface area contributed by atoms with Crippen LogP contribution in [0.2, 0.25) is 0 Å². The number of rotatable bonds is 5. The molecule has 1 N–H and O–H groups in total. The third kappa shape index (κ3) is 3.61. The lowest BCUT2D eigenvalue weighted by molar-refractivity contribution is -0.130. The van der Waals surface area contributed by atoms with Gasteiger partial charge in [-0.25, -0.2) is 4.79 Å². The number of thioether (sulfide) groups is 1. The van der Waals surface area contributed by atoms with Gasteiger partial charge < -0.3 is 15.0 Å². The Morgan fingerprint density at radius 2 is 2.09 bits per heavy atom. The van der Waals surface area contributed by atoms with Crippen molar-refractivity contribution in [3.63, 3.8) is 0 Å². The number of hydrogen-bond donors (Lipinski definition) is 1. The molecule has 0 saturated carbocycles. The Bertz CT molecular complexity index is 612. The second kappa shape index (κ2) is 7.15. The summed E-state index contributed by atoms with van der Waals surface area (Å²) in [5.41, 5.74) is 1.21. The summed E-state index contributed by atoms with van der Waals surface area (Å²) in [7, 11) is 0. The van der Waals surface area contributed by atoms with Crippen molar-refractivity contribution in [3.8, 4) is 0 Å². The molecule has 1 aromatic heterocycles. The molecule has 0 aliphatic carbocycles. The van der Waals surface area contributed by atoms with E-state index in [0.29, 0.717) is 22.2 Å². The van der Waals surface area contributed by atoms with E-state index in [2.05, 4.69) is 5.32 Å². The first-order chi connectivity index (χ1) is 10.4. The highest BCUT2D eigenvalue weighted by Gasteiger charge is 2.25. The van der Waals surface area contributed by atoms with Crippen LogP contribution in [-0.2, 0) is 14.3 Å². The standard InChI is InChI=1S/C14H18N2O4S2/c1-4-20-14(19)12-8(2)9(3)22-13(12)15-10(17)5-16-7-21-6-11(16)18/h4-7H2,1-3H3,(H,15,17). The zero-order valence-electron chi connectivity index (χ0n) is 12.7. The average Bonchev–Trinajstić information content (AvgIpc) is 2.95. The second-order valence-electron chi connectivity index (χ2n) is 4.83. The van der Waals surface area contributed by atoms with Crippen molar-refractivity contribution in [2.24, 2.45) is 0 Å². The minimum atomic E-state index is -0.438. The first kappa shape index (κ1) is 16.8. The summed E-state index contributed by atoms with van der Waals surface area (Å²) in [6.07, 6.45) is 0. The molecule has 0 radical (unpaired) electrons. The maximum Gasteiger partial charge on any atom is 0.341 e. The zero-order valence-corrected chi connectivity index (χ0v) is 14.4. The fraction of sp³-hybridized carbons (Fsp3) is 0.500. The third-order valence-electron chi connectivity index (χ3n) is 3.28. The van der Waals surface area contributed by atoms with E-state index in [-0.39, 0.29) is 25.0 Å². The Kier molecular flexibility index (Phi) is 5.47. The van der Waals surface area contributed by atoms with Crippen LogP contribution in [0.25, 0.3) is 0 Å². The van der Waals surface area contributed by atoms with Crippen molar-refractivity contribution in [1.82, 2.24) is 4.90 Å². The van der Waals surface area contributed by atoms with Crippen molar-refractivity contribution in [2.45, 2.75) is 20.8 Å². The van der Waals surface area contributed by atoms with E-state index in [1.807, 2.05) is 13.8 Å². The average molecular weight is 342 g/mol. The zero-order chi connectivity index (χ0) is 16.3. The molecule has 0 atom stereocenters. The molecule has 1 aliphatic heterocycles. The van der Waals surface area contributed by atoms with Gasteiger partial charge in [-0.1, -0.05) is 0 Å². The van der Waals surface area contributed by atoms with Gasteiger partial charge in [-0.2, -0.15) is 0 Å². The summed E-state index contributed by atoms with van der Waals surface area (Å²) in [4.78, 5) is 38.1. The minimum Gasteiger partial charge on any atom is -0.462 e. The van der Waals surface area contributed by atoms with E-state index in [4.69, 9.17) is 4.74 Å². The van der Waals surface area contributed by atoms with Gasteiger partial charge >= 0.3 is 5.97 Å². The minimum absolute atomic E-state index is 0.00406. The number of carbonyl (C=O) groups is 3. The lowest BCUT2D eigenvalue weighted by Crippen LogP contribution is -2.34. The van der Waals surface area contributed by atoms with E-state index >= 15 is 0 Å². The molecular weight excluding hydrogens is 324 g/mol. The molecule has 1 saturated heterocycles. The highest BCUT2D eigenvalue weighted by atomic mass is 32.2. The Morgan fingerprint density at radius 1 is 1.36 bits per heavy atom. The molecule has 0 unspecified atom stereocenters. The van der Waals surface area contributed by atoms with Crippen molar-refractivity contribution in [3.05, 3.63) is 16.0 Å². The number of nitrogens with one attached hydrogen (secondary N) is 1. The molecule has 6 nitrogen and oxygen atoms in total. The second-order valence-corrected chi connectivity index (χ2v) is 7.01. The van der Waals surface area contributed by atoms with Gasteiger partial charge in [0.15, 0.2) is 0 Å². The Balaban J connectivity index is 2.11. The number of thiophene rings is 1. The van der Waals surface area contributed by atoms with E-state index in [0.717, 1.165) is 10.4 Å². The number of aryl methyl sites for hydroxylation is 1. The van der Waals surface area contributed by atoms with Crippen LogP contribution in [0.15, 0.2) is 0 Å². The lowest BCUT2D eigenvalue weighted by atomic mass is 10.1. The SMILES string of the molecule is CCOC(=O)c1c(NC(=O)CN2CSCC2=O)sc(C)c1C. The van der Waals surface area contributed by atoms with E-state index in [1.54, 1.807) is 6.92 Å². The molecule has 1 aliphatic rings. The van der Waals surface area contributed by atoms with Crippen LogP contribution in [0.1, 0.15) is 27.7 Å². The first-order valence-electron chi connectivity index (χ1n) is 6.86. The van der Waals surface area contributed by atoms with Crippen molar-refractivity contribution >= 4 is 45.9 Å². The molecule has 2 heterocycles. The van der Waals surface area contributed by atoms with Crippen LogP contribution in [-0.4, -0.2) is 47.5 Å². The van der Waals surface area contributed by atoms with Crippen LogP contribution >= 0.6 is 23.1 Å². The highest BCUT2D eigenvalue weighted by Crippen LogP contribution is 2.33. The van der Waals surface area contributed by atoms with Gasteiger partial charge in [-0.3, -0.25) is 9.59 Å². The molecular formula is C14H18N2O4S2. The first-order valence-corrected chi connectivity index (χ1v) is 8.83. The van der Waals surface area contributed by atoms with Crippen LogP contribution < -0.4 is 5.32 Å². The summed E-state index contributed by atoms with van der Waals surface area (Å²) < 4.78 is 5.04. The van der Waals surface area contributed by atoms with Gasteiger partial charge in [0.2, 0.25) is 11.8 Å². The summed E-state index contributed by atoms with van der Waals surface area (Å²) in [5.74, 6) is 0.164. The molecule has 8 heteroatoms. The summed E-state index contributed by atoms with van der Waals surface area (Å²) in [6.45, 7) is 5.74. The summed E-state index contributed by atoms with van der Waals surface area (Å²) >= 11 is 2.83.